The van der Waals surface area contributed by atoms with E-state index in [0.717, 1.165) is 5.56 Å². The highest BCUT2D eigenvalue weighted by Crippen LogP contribution is 2.21. The van der Waals surface area contributed by atoms with Crippen molar-refractivity contribution in [3.8, 4) is 0 Å². The maximum Gasteiger partial charge on any atom is 0.231 e. The van der Waals surface area contributed by atoms with Crippen LogP contribution < -0.4 is 5.32 Å². The van der Waals surface area contributed by atoms with Crippen molar-refractivity contribution >= 4 is 23.2 Å². The first-order valence-electron chi connectivity index (χ1n) is 5.89. The molecular weight excluding hydrogens is 265 g/mol. The smallest absolute Gasteiger partial charge is 0.231 e. The third-order valence-corrected chi connectivity index (χ3v) is 3.12. The van der Waals surface area contributed by atoms with E-state index in [2.05, 4.69) is 5.32 Å². The Bertz CT molecular complexity index is 586. The average molecular weight is 278 g/mol. The molecule has 0 fully saturated rings. The Morgan fingerprint density at radius 1 is 1.21 bits per heavy atom. The maximum absolute atomic E-state index is 13.6. The summed E-state index contributed by atoms with van der Waals surface area (Å²) in [5.74, 6) is -1.15. The van der Waals surface area contributed by atoms with E-state index >= 15 is 0 Å². The lowest BCUT2D eigenvalue weighted by molar-refractivity contribution is -0.117. The van der Waals surface area contributed by atoms with Crippen LogP contribution in [0.1, 0.15) is 18.4 Å². The molecule has 0 aliphatic carbocycles. The zero-order valence-electron chi connectivity index (χ0n) is 10.4. The highest BCUT2D eigenvalue weighted by Gasteiger charge is 2.16. The van der Waals surface area contributed by atoms with Crippen molar-refractivity contribution in [3.63, 3.8) is 0 Å². The van der Waals surface area contributed by atoms with Crippen LogP contribution in [-0.2, 0) is 4.79 Å². The SMILES string of the molecule is C[C@@H](C(=O)Nc1ccc(Cl)cc1F)c1ccccc1. The van der Waals surface area contributed by atoms with Gasteiger partial charge >= 0.3 is 0 Å². The van der Waals surface area contributed by atoms with Crippen molar-refractivity contribution in [2.45, 2.75) is 12.8 Å². The van der Waals surface area contributed by atoms with E-state index in [1.165, 1.54) is 18.2 Å². The molecule has 0 heterocycles. The first-order valence-corrected chi connectivity index (χ1v) is 6.26. The topological polar surface area (TPSA) is 29.1 Å². The van der Waals surface area contributed by atoms with Crippen LogP contribution in [0.4, 0.5) is 10.1 Å². The van der Waals surface area contributed by atoms with E-state index in [-0.39, 0.29) is 17.5 Å². The minimum Gasteiger partial charge on any atom is -0.323 e. The molecular formula is C15H13ClFNO. The predicted molar refractivity (Wildman–Crippen MR) is 74.9 cm³/mol. The van der Waals surface area contributed by atoms with Crippen LogP contribution in [0.25, 0.3) is 0 Å². The summed E-state index contributed by atoms with van der Waals surface area (Å²) in [5, 5.41) is 2.86. The van der Waals surface area contributed by atoms with E-state index in [4.69, 9.17) is 11.6 Å². The number of rotatable bonds is 3. The molecule has 1 atom stereocenters. The standard InChI is InChI=1S/C15H13ClFNO/c1-10(11-5-3-2-4-6-11)15(19)18-14-8-7-12(16)9-13(14)17/h2-10H,1H3,(H,18,19)/t10-/m1/s1. The van der Waals surface area contributed by atoms with E-state index in [1.807, 2.05) is 30.3 Å². The molecule has 0 unspecified atom stereocenters. The van der Waals surface area contributed by atoms with Crippen LogP contribution in [0.15, 0.2) is 48.5 Å². The second-order valence-electron chi connectivity index (χ2n) is 4.25. The third-order valence-electron chi connectivity index (χ3n) is 2.88. The molecule has 2 rings (SSSR count). The molecule has 0 saturated carbocycles. The third kappa shape index (κ3) is 3.32. The molecule has 0 bridgehead atoms. The molecule has 19 heavy (non-hydrogen) atoms. The minimum atomic E-state index is -0.541. The van der Waals surface area contributed by atoms with E-state index in [9.17, 15) is 9.18 Å². The first kappa shape index (κ1) is 13.6. The average Bonchev–Trinajstić information content (AvgIpc) is 2.42. The Hall–Kier alpha value is -1.87. The Morgan fingerprint density at radius 3 is 2.53 bits per heavy atom. The van der Waals surface area contributed by atoms with Gasteiger partial charge in [0, 0.05) is 5.02 Å². The molecule has 0 saturated heterocycles. The lowest BCUT2D eigenvalue weighted by atomic mass is 10.0. The molecule has 1 N–H and O–H groups in total. The van der Waals surface area contributed by atoms with Gasteiger partial charge in [-0.15, -0.1) is 0 Å². The summed E-state index contributed by atoms with van der Waals surface area (Å²) in [5.41, 5.74) is 1.02. The number of carbonyl (C=O) groups excluding carboxylic acids is 1. The molecule has 2 nitrogen and oxygen atoms in total. The lowest BCUT2D eigenvalue weighted by Gasteiger charge is -2.13. The summed E-state index contributed by atoms with van der Waals surface area (Å²) >= 11 is 5.66. The van der Waals surface area contributed by atoms with Crippen molar-refractivity contribution in [1.82, 2.24) is 0 Å². The van der Waals surface area contributed by atoms with Gasteiger partial charge < -0.3 is 5.32 Å². The van der Waals surface area contributed by atoms with Gasteiger partial charge in [0.2, 0.25) is 5.91 Å². The number of amides is 1. The quantitative estimate of drug-likeness (QED) is 0.894. The maximum atomic E-state index is 13.6. The number of nitrogens with one attached hydrogen (secondary N) is 1. The van der Waals surface area contributed by atoms with Gasteiger partial charge in [0.1, 0.15) is 5.82 Å². The van der Waals surface area contributed by atoms with Crippen LogP contribution >= 0.6 is 11.6 Å². The number of benzene rings is 2. The summed E-state index contributed by atoms with van der Waals surface area (Å²) in [6.45, 7) is 1.78. The van der Waals surface area contributed by atoms with Crippen molar-refractivity contribution in [1.29, 1.82) is 0 Å². The molecule has 1 amide bonds. The zero-order chi connectivity index (χ0) is 13.8. The van der Waals surface area contributed by atoms with Gasteiger partial charge in [0.25, 0.3) is 0 Å². The Balaban J connectivity index is 2.13. The van der Waals surface area contributed by atoms with E-state index in [1.54, 1.807) is 6.92 Å². The molecule has 2 aromatic carbocycles. The zero-order valence-corrected chi connectivity index (χ0v) is 11.1. The Kier molecular flexibility index (Phi) is 4.17. The van der Waals surface area contributed by atoms with Crippen molar-refractivity contribution < 1.29 is 9.18 Å². The van der Waals surface area contributed by atoms with Crippen LogP contribution in [0, 0.1) is 5.82 Å². The van der Waals surface area contributed by atoms with Gasteiger partial charge in [-0.05, 0) is 30.7 Å². The van der Waals surface area contributed by atoms with E-state index < -0.39 is 5.82 Å². The van der Waals surface area contributed by atoms with Gasteiger partial charge in [-0.3, -0.25) is 4.79 Å². The molecule has 2 aromatic rings. The largest absolute Gasteiger partial charge is 0.323 e. The Morgan fingerprint density at radius 2 is 1.89 bits per heavy atom. The van der Waals surface area contributed by atoms with Gasteiger partial charge in [-0.1, -0.05) is 41.9 Å². The number of hydrogen-bond acceptors (Lipinski definition) is 1. The number of anilines is 1. The summed E-state index contributed by atoms with van der Waals surface area (Å²) in [7, 11) is 0. The lowest BCUT2D eigenvalue weighted by Crippen LogP contribution is -2.19. The minimum absolute atomic E-state index is 0.136. The highest BCUT2D eigenvalue weighted by atomic mass is 35.5. The van der Waals surface area contributed by atoms with Crippen LogP contribution in [-0.4, -0.2) is 5.91 Å². The fourth-order valence-corrected chi connectivity index (χ4v) is 1.88. The van der Waals surface area contributed by atoms with Gasteiger partial charge in [-0.2, -0.15) is 0 Å². The van der Waals surface area contributed by atoms with Gasteiger partial charge in [-0.25, -0.2) is 4.39 Å². The fourth-order valence-electron chi connectivity index (χ4n) is 1.72. The van der Waals surface area contributed by atoms with Crippen LogP contribution in [0.2, 0.25) is 5.02 Å². The molecule has 0 aromatic heterocycles. The predicted octanol–water partition coefficient (Wildman–Crippen LogP) is 4.22. The number of carbonyl (C=O) groups is 1. The fraction of sp³-hybridized carbons (Fsp3) is 0.133. The summed E-state index contributed by atoms with van der Waals surface area (Å²) in [6, 6.07) is 13.5. The highest BCUT2D eigenvalue weighted by molar-refractivity contribution is 6.30. The first-order chi connectivity index (χ1) is 9.08. The molecule has 0 spiro atoms. The molecule has 0 aliphatic heterocycles. The summed E-state index contributed by atoms with van der Waals surface area (Å²) < 4.78 is 13.6. The summed E-state index contributed by atoms with van der Waals surface area (Å²) in [6.07, 6.45) is 0. The number of hydrogen-bond donors (Lipinski definition) is 1. The normalized spacial score (nSPS) is 11.9. The molecule has 0 aliphatic rings. The van der Waals surface area contributed by atoms with Gasteiger partial charge in [0.05, 0.1) is 11.6 Å². The molecule has 0 radical (unpaired) electrons. The van der Waals surface area contributed by atoms with Crippen LogP contribution in [0.3, 0.4) is 0 Å². The molecule has 98 valence electrons. The van der Waals surface area contributed by atoms with Crippen LogP contribution in [0.5, 0.6) is 0 Å². The Labute approximate surface area is 116 Å². The van der Waals surface area contributed by atoms with Crippen molar-refractivity contribution in [2.24, 2.45) is 0 Å². The second kappa shape index (κ2) is 5.85. The monoisotopic (exact) mass is 277 g/mol. The van der Waals surface area contributed by atoms with E-state index in [0.29, 0.717) is 5.02 Å². The van der Waals surface area contributed by atoms with Gasteiger partial charge in [0.15, 0.2) is 0 Å². The summed E-state index contributed by atoms with van der Waals surface area (Å²) in [4.78, 5) is 12.0. The molecule has 4 heteroatoms. The van der Waals surface area contributed by atoms with Crippen molar-refractivity contribution in [3.05, 3.63) is 64.9 Å². The van der Waals surface area contributed by atoms with Crippen molar-refractivity contribution in [2.75, 3.05) is 5.32 Å². The number of halogens is 2. The second-order valence-corrected chi connectivity index (χ2v) is 4.68.